The van der Waals surface area contributed by atoms with Crippen LogP contribution in [0.15, 0.2) is 11.4 Å². The number of thiophene rings is 1. The lowest BCUT2D eigenvalue weighted by atomic mass is 10.1. The van der Waals surface area contributed by atoms with E-state index in [0.29, 0.717) is 0 Å². The topological polar surface area (TPSA) is 26.0 Å². The molecule has 0 saturated carbocycles. The molecular formula is C8H9NS. The second-order valence-corrected chi connectivity index (χ2v) is 3.46. The van der Waals surface area contributed by atoms with Gasteiger partial charge in [-0.05, 0) is 29.2 Å². The monoisotopic (exact) mass is 151 g/mol. The molecule has 1 atom stereocenters. The molecular weight excluding hydrogens is 142 g/mol. The first-order chi connectivity index (χ1) is 4.86. The zero-order valence-electron chi connectivity index (χ0n) is 5.58. The summed E-state index contributed by atoms with van der Waals surface area (Å²) >= 11 is 1.76. The highest BCUT2D eigenvalue weighted by Gasteiger charge is 2.00. The Labute approximate surface area is 63.5 Å². The van der Waals surface area contributed by atoms with Crippen LogP contribution in [0.2, 0.25) is 0 Å². The molecule has 52 valence electrons. The van der Waals surface area contributed by atoms with Gasteiger partial charge in [0.05, 0.1) is 0 Å². The number of fused-ring (bicyclic) bond motifs is 1. The maximum Gasteiger partial charge on any atom is 0.0315 e. The Balaban J connectivity index is 2.73. The first-order valence-electron chi connectivity index (χ1n) is 3.37. The fourth-order valence-corrected chi connectivity index (χ4v) is 2.06. The van der Waals surface area contributed by atoms with Crippen molar-refractivity contribution in [3.05, 3.63) is 21.2 Å². The van der Waals surface area contributed by atoms with Crippen LogP contribution in [0, 0.1) is 0 Å². The third-order valence-electron chi connectivity index (χ3n) is 1.70. The van der Waals surface area contributed by atoms with Gasteiger partial charge in [-0.3, -0.25) is 0 Å². The van der Waals surface area contributed by atoms with Crippen molar-refractivity contribution in [2.75, 3.05) is 0 Å². The average Bonchev–Trinajstić information content (AvgIpc) is 2.33. The predicted octanol–water partition coefficient (Wildman–Crippen LogP) is 0.0401. The van der Waals surface area contributed by atoms with E-state index in [9.17, 15) is 0 Å². The predicted molar refractivity (Wildman–Crippen MR) is 45.1 cm³/mol. The quantitative estimate of drug-likeness (QED) is 0.556. The summed E-state index contributed by atoms with van der Waals surface area (Å²) in [4.78, 5) is 0. The van der Waals surface area contributed by atoms with Crippen LogP contribution in [0.3, 0.4) is 0 Å². The Kier molecular flexibility index (Phi) is 1.36. The van der Waals surface area contributed by atoms with Gasteiger partial charge >= 0.3 is 0 Å². The molecule has 1 unspecified atom stereocenters. The number of hydrogen-bond acceptors (Lipinski definition) is 2. The standard InChI is InChI=1S/C8H9NS/c9-7-2-1-6-3-4-10-8(6)5-7/h1,3-5,7H,2,9H2. The molecule has 10 heavy (non-hydrogen) atoms. The minimum Gasteiger partial charge on any atom is -0.324 e. The lowest BCUT2D eigenvalue weighted by Crippen LogP contribution is -2.30. The van der Waals surface area contributed by atoms with Gasteiger partial charge in [-0.2, -0.15) is 0 Å². The van der Waals surface area contributed by atoms with Crippen LogP contribution in [-0.4, -0.2) is 6.04 Å². The van der Waals surface area contributed by atoms with E-state index >= 15 is 0 Å². The molecule has 1 heterocycles. The molecule has 0 saturated heterocycles. The molecule has 1 aromatic heterocycles. The summed E-state index contributed by atoms with van der Waals surface area (Å²) in [5, 5.41) is 3.46. The van der Waals surface area contributed by atoms with Gasteiger partial charge in [0.25, 0.3) is 0 Å². The van der Waals surface area contributed by atoms with E-state index in [1.165, 1.54) is 9.75 Å². The molecule has 1 aromatic rings. The average molecular weight is 151 g/mol. The zero-order chi connectivity index (χ0) is 6.97. The van der Waals surface area contributed by atoms with Crippen LogP contribution in [-0.2, 0) is 0 Å². The summed E-state index contributed by atoms with van der Waals surface area (Å²) < 4.78 is 1.33. The van der Waals surface area contributed by atoms with Gasteiger partial charge in [-0.15, -0.1) is 11.3 Å². The van der Waals surface area contributed by atoms with Gasteiger partial charge in [-0.25, -0.2) is 0 Å². The Hall–Kier alpha value is -0.600. The highest BCUT2D eigenvalue weighted by atomic mass is 32.1. The van der Waals surface area contributed by atoms with Gasteiger partial charge in [0.2, 0.25) is 0 Å². The third kappa shape index (κ3) is 0.895. The Morgan fingerprint density at radius 2 is 2.50 bits per heavy atom. The summed E-state index contributed by atoms with van der Waals surface area (Å²) in [7, 11) is 0. The van der Waals surface area contributed by atoms with Crippen LogP contribution in [0.4, 0.5) is 0 Å². The summed E-state index contributed by atoms with van der Waals surface area (Å²) in [5.41, 5.74) is 5.73. The van der Waals surface area contributed by atoms with E-state index in [0.717, 1.165) is 6.42 Å². The first-order valence-corrected chi connectivity index (χ1v) is 4.25. The van der Waals surface area contributed by atoms with Crippen molar-refractivity contribution in [1.29, 1.82) is 0 Å². The third-order valence-corrected chi connectivity index (χ3v) is 2.60. The maximum atomic E-state index is 5.73. The molecule has 0 fully saturated rings. The summed E-state index contributed by atoms with van der Waals surface area (Å²) in [6, 6.07) is 2.38. The van der Waals surface area contributed by atoms with Gasteiger partial charge in [0, 0.05) is 10.6 Å². The van der Waals surface area contributed by atoms with Crippen molar-refractivity contribution in [2.24, 2.45) is 5.73 Å². The van der Waals surface area contributed by atoms with Crippen molar-refractivity contribution in [3.8, 4) is 0 Å². The van der Waals surface area contributed by atoms with Crippen LogP contribution < -0.4 is 15.5 Å². The van der Waals surface area contributed by atoms with Crippen molar-refractivity contribution in [2.45, 2.75) is 12.5 Å². The Morgan fingerprint density at radius 3 is 3.40 bits per heavy atom. The van der Waals surface area contributed by atoms with E-state index < -0.39 is 0 Å². The van der Waals surface area contributed by atoms with Crippen molar-refractivity contribution >= 4 is 23.5 Å². The molecule has 2 N–H and O–H groups in total. The van der Waals surface area contributed by atoms with Crippen LogP contribution in [0.25, 0.3) is 12.2 Å². The van der Waals surface area contributed by atoms with Crippen molar-refractivity contribution in [1.82, 2.24) is 0 Å². The van der Waals surface area contributed by atoms with E-state index in [1.54, 1.807) is 11.3 Å². The van der Waals surface area contributed by atoms with E-state index in [4.69, 9.17) is 5.73 Å². The summed E-state index contributed by atoms with van der Waals surface area (Å²) in [5.74, 6) is 0. The van der Waals surface area contributed by atoms with E-state index in [2.05, 4.69) is 23.6 Å². The Morgan fingerprint density at radius 1 is 1.60 bits per heavy atom. The number of nitrogens with two attached hydrogens (primary N) is 1. The molecule has 0 aliphatic heterocycles. The molecule has 0 spiro atoms. The van der Waals surface area contributed by atoms with Gasteiger partial charge < -0.3 is 5.73 Å². The van der Waals surface area contributed by atoms with Crippen LogP contribution >= 0.6 is 11.3 Å². The van der Waals surface area contributed by atoms with Gasteiger partial charge in [0.15, 0.2) is 0 Å². The second-order valence-electron chi connectivity index (χ2n) is 2.51. The van der Waals surface area contributed by atoms with E-state index in [1.807, 2.05) is 0 Å². The van der Waals surface area contributed by atoms with Crippen LogP contribution in [0.1, 0.15) is 6.42 Å². The first kappa shape index (κ1) is 6.13. The number of rotatable bonds is 0. The van der Waals surface area contributed by atoms with E-state index in [-0.39, 0.29) is 6.04 Å². The molecule has 2 heteroatoms. The molecule has 1 nitrogen and oxygen atoms in total. The normalized spacial score (nSPS) is 22.7. The van der Waals surface area contributed by atoms with Gasteiger partial charge in [0.1, 0.15) is 0 Å². The molecule has 1 aliphatic rings. The molecule has 1 aliphatic carbocycles. The highest BCUT2D eigenvalue weighted by molar-refractivity contribution is 7.07. The van der Waals surface area contributed by atoms with Gasteiger partial charge in [-0.1, -0.05) is 6.08 Å². The fourth-order valence-electron chi connectivity index (χ4n) is 1.16. The zero-order valence-corrected chi connectivity index (χ0v) is 6.40. The minimum atomic E-state index is 0.242. The smallest absolute Gasteiger partial charge is 0.0315 e. The minimum absolute atomic E-state index is 0.242. The molecule has 0 radical (unpaired) electrons. The van der Waals surface area contributed by atoms with Crippen LogP contribution in [0.5, 0.6) is 0 Å². The molecule has 0 bridgehead atoms. The fraction of sp³-hybridized carbons (Fsp3) is 0.250. The van der Waals surface area contributed by atoms with Crippen molar-refractivity contribution < 1.29 is 0 Å². The molecule has 0 amide bonds. The molecule has 2 rings (SSSR count). The lowest BCUT2D eigenvalue weighted by molar-refractivity contribution is 0.891. The lowest BCUT2D eigenvalue weighted by Gasteiger charge is -2.03. The molecule has 0 aromatic carbocycles. The highest BCUT2D eigenvalue weighted by Crippen LogP contribution is 1.96. The largest absolute Gasteiger partial charge is 0.324 e. The number of hydrogen-bond donors (Lipinski definition) is 1. The summed E-state index contributed by atoms with van der Waals surface area (Å²) in [6.45, 7) is 0. The SMILES string of the molecule is NC1C=c2sccc2=CC1. The Bertz CT molecular complexity index is 336. The summed E-state index contributed by atoms with van der Waals surface area (Å²) in [6.07, 6.45) is 5.33. The van der Waals surface area contributed by atoms with Crippen molar-refractivity contribution in [3.63, 3.8) is 0 Å². The maximum absolute atomic E-state index is 5.73. The second kappa shape index (κ2) is 2.22.